The summed E-state index contributed by atoms with van der Waals surface area (Å²) in [5.41, 5.74) is 2.84. The molecule has 2 aromatic heterocycles. The number of fused-ring (bicyclic) bond motifs is 1. The molecule has 24 heavy (non-hydrogen) atoms. The summed E-state index contributed by atoms with van der Waals surface area (Å²) in [5.74, 6) is 0. The maximum atomic E-state index is 12.2. The number of hydrogen-bond acceptors (Lipinski definition) is 4. The van der Waals surface area contributed by atoms with Crippen molar-refractivity contribution < 1.29 is 0 Å². The van der Waals surface area contributed by atoms with Crippen molar-refractivity contribution in [1.82, 2.24) is 24.5 Å². The summed E-state index contributed by atoms with van der Waals surface area (Å²) in [7, 11) is 0. The van der Waals surface area contributed by atoms with E-state index >= 15 is 0 Å². The molecule has 118 valence electrons. The average molecular weight is 338 g/mol. The van der Waals surface area contributed by atoms with Crippen LogP contribution in [0.15, 0.2) is 65.7 Å². The number of rotatable bonds is 3. The third kappa shape index (κ3) is 2.68. The maximum absolute atomic E-state index is 12.2. The van der Waals surface area contributed by atoms with Gasteiger partial charge in [0.1, 0.15) is 5.69 Å². The van der Waals surface area contributed by atoms with Gasteiger partial charge in [-0.05, 0) is 30.3 Å². The van der Waals surface area contributed by atoms with Crippen molar-refractivity contribution in [2.24, 2.45) is 0 Å². The quantitative estimate of drug-likeness (QED) is 0.576. The van der Waals surface area contributed by atoms with Crippen LogP contribution in [0.3, 0.4) is 0 Å². The first-order valence-corrected chi connectivity index (χ1v) is 7.70. The van der Waals surface area contributed by atoms with Crippen LogP contribution in [0, 0.1) is 0 Å². The predicted molar refractivity (Wildman–Crippen MR) is 91.5 cm³/mol. The van der Waals surface area contributed by atoms with Crippen LogP contribution in [0.5, 0.6) is 0 Å². The number of hydrogen-bond donors (Lipinski definition) is 0. The van der Waals surface area contributed by atoms with Gasteiger partial charge >= 0.3 is 0 Å². The van der Waals surface area contributed by atoms with Crippen molar-refractivity contribution in [3.05, 3.63) is 82.0 Å². The van der Waals surface area contributed by atoms with Crippen LogP contribution in [0.4, 0.5) is 0 Å². The summed E-state index contributed by atoms with van der Waals surface area (Å²) < 4.78 is 3.27. The molecule has 0 amide bonds. The minimum Gasteiger partial charge on any atom is -0.299 e. The molecule has 2 heterocycles. The average Bonchev–Trinajstić information content (AvgIpc) is 3.06. The molecule has 0 fully saturated rings. The molecule has 4 rings (SSSR count). The fourth-order valence-corrected chi connectivity index (χ4v) is 2.74. The SMILES string of the molecule is O=c1cnc2ccccc2n1Cc1cn(-c2cccc(Cl)c2)nn1. The molecule has 2 aromatic carbocycles. The van der Waals surface area contributed by atoms with Gasteiger partial charge in [-0.15, -0.1) is 5.10 Å². The fraction of sp³-hybridized carbons (Fsp3) is 0.0588. The van der Waals surface area contributed by atoms with E-state index in [4.69, 9.17) is 11.6 Å². The maximum Gasteiger partial charge on any atom is 0.269 e. The van der Waals surface area contributed by atoms with Crippen molar-refractivity contribution in [2.45, 2.75) is 6.54 Å². The highest BCUT2D eigenvalue weighted by atomic mass is 35.5. The largest absolute Gasteiger partial charge is 0.299 e. The highest BCUT2D eigenvalue weighted by Crippen LogP contribution is 2.15. The monoisotopic (exact) mass is 337 g/mol. The minimum absolute atomic E-state index is 0.175. The zero-order chi connectivity index (χ0) is 16.5. The summed E-state index contributed by atoms with van der Waals surface area (Å²) in [6, 6.07) is 14.8. The molecule has 4 aromatic rings. The van der Waals surface area contributed by atoms with Gasteiger partial charge in [0.15, 0.2) is 0 Å². The van der Waals surface area contributed by atoms with Crippen molar-refractivity contribution in [1.29, 1.82) is 0 Å². The van der Waals surface area contributed by atoms with Gasteiger partial charge in [-0.25, -0.2) is 9.67 Å². The van der Waals surface area contributed by atoms with Crippen LogP contribution in [0.2, 0.25) is 5.02 Å². The molecule has 0 spiro atoms. The Bertz CT molecular complexity index is 1090. The summed E-state index contributed by atoms with van der Waals surface area (Å²) in [5, 5.41) is 8.89. The molecule has 0 aliphatic carbocycles. The zero-order valence-electron chi connectivity index (χ0n) is 12.5. The van der Waals surface area contributed by atoms with E-state index in [9.17, 15) is 4.79 Å². The molecular formula is C17H12ClN5O. The van der Waals surface area contributed by atoms with Crippen LogP contribution in [-0.4, -0.2) is 24.5 Å². The standard InChI is InChI=1S/C17H12ClN5O/c18-12-4-3-5-14(8-12)23-11-13(20-21-23)10-22-16-7-2-1-6-15(16)19-9-17(22)24/h1-9,11H,10H2. The number of aromatic nitrogens is 5. The first-order valence-electron chi connectivity index (χ1n) is 7.32. The summed E-state index contributed by atoms with van der Waals surface area (Å²) in [6.45, 7) is 0.322. The Labute approximate surface area is 142 Å². The van der Waals surface area contributed by atoms with E-state index in [0.717, 1.165) is 16.7 Å². The Balaban J connectivity index is 1.73. The van der Waals surface area contributed by atoms with Gasteiger partial charge in [0, 0.05) is 5.02 Å². The van der Waals surface area contributed by atoms with E-state index < -0.39 is 0 Å². The molecular weight excluding hydrogens is 326 g/mol. The molecule has 0 radical (unpaired) electrons. The smallest absolute Gasteiger partial charge is 0.269 e. The van der Waals surface area contributed by atoms with Gasteiger partial charge in [0.05, 0.1) is 35.7 Å². The Morgan fingerprint density at radius 3 is 2.83 bits per heavy atom. The Kier molecular flexibility index (Phi) is 3.59. The number of nitrogens with zero attached hydrogens (tertiary/aromatic N) is 5. The van der Waals surface area contributed by atoms with Gasteiger partial charge in [-0.2, -0.15) is 0 Å². The zero-order valence-corrected chi connectivity index (χ0v) is 13.3. The van der Waals surface area contributed by atoms with Gasteiger partial charge < -0.3 is 0 Å². The molecule has 0 atom stereocenters. The van der Waals surface area contributed by atoms with E-state index in [0.29, 0.717) is 17.3 Å². The molecule has 0 aliphatic heterocycles. The second-order valence-electron chi connectivity index (χ2n) is 5.31. The van der Waals surface area contributed by atoms with Gasteiger partial charge in [0.2, 0.25) is 0 Å². The van der Waals surface area contributed by atoms with Crippen LogP contribution >= 0.6 is 11.6 Å². The summed E-state index contributed by atoms with van der Waals surface area (Å²) in [4.78, 5) is 16.3. The predicted octanol–water partition coefficient (Wildman–Crippen LogP) is 2.68. The lowest BCUT2D eigenvalue weighted by Gasteiger charge is -2.07. The Morgan fingerprint density at radius 2 is 1.96 bits per heavy atom. The molecule has 7 heteroatoms. The fourth-order valence-electron chi connectivity index (χ4n) is 2.56. The van der Waals surface area contributed by atoms with E-state index in [1.807, 2.05) is 36.4 Å². The lowest BCUT2D eigenvalue weighted by molar-refractivity contribution is 0.750. The highest BCUT2D eigenvalue weighted by molar-refractivity contribution is 6.30. The molecule has 0 aliphatic rings. The third-order valence-electron chi connectivity index (χ3n) is 3.69. The number of para-hydroxylation sites is 2. The van der Waals surface area contributed by atoms with E-state index in [1.165, 1.54) is 6.20 Å². The first kappa shape index (κ1) is 14.6. The molecule has 0 saturated heterocycles. The molecule has 0 bridgehead atoms. The van der Waals surface area contributed by atoms with Crippen LogP contribution < -0.4 is 5.56 Å². The molecule has 6 nitrogen and oxygen atoms in total. The van der Waals surface area contributed by atoms with Crippen LogP contribution in [0.25, 0.3) is 16.7 Å². The first-order chi connectivity index (χ1) is 11.7. The van der Waals surface area contributed by atoms with Gasteiger partial charge in [0.25, 0.3) is 5.56 Å². The van der Waals surface area contributed by atoms with Crippen molar-refractivity contribution in [3.8, 4) is 5.69 Å². The number of benzene rings is 2. The van der Waals surface area contributed by atoms with Crippen molar-refractivity contribution in [3.63, 3.8) is 0 Å². The minimum atomic E-state index is -0.175. The Hall–Kier alpha value is -2.99. The van der Waals surface area contributed by atoms with E-state index in [1.54, 1.807) is 27.6 Å². The molecule has 0 N–H and O–H groups in total. The van der Waals surface area contributed by atoms with Crippen molar-refractivity contribution >= 4 is 22.6 Å². The lowest BCUT2D eigenvalue weighted by atomic mass is 10.3. The normalized spacial score (nSPS) is 11.0. The van der Waals surface area contributed by atoms with Gasteiger partial charge in [-0.3, -0.25) is 9.36 Å². The Morgan fingerprint density at radius 1 is 1.08 bits per heavy atom. The van der Waals surface area contributed by atoms with Gasteiger partial charge in [-0.1, -0.05) is 35.0 Å². The molecule has 0 saturated carbocycles. The second kappa shape index (κ2) is 5.90. The number of halogens is 1. The third-order valence-corrected chi connectivity index (χ3v) is 3.92. The van der Waals surface area contributed by atoms with Crippen LogP contribution in [0.1, 0.15) is 5.69 Å². The van der Waals surface area contributed by atoms with Crippen LogP contribution in [-0.2, 0) is 6.54 Å². The topological polar surface area (TPSA) is 65.6 Å². The highest BCUT2D eigenvalue weighted by Gasteiger charge is 2.08. The van der Waals surface area contributed by atoms with E-state index in [2.05, 4.69) is 15.3 Å². The molecule has 0 unspecified atom stereocenters. The second-order valence-corrected chi connectivity index (χ2v) is 5.74. The summed E-state index contributed by atoms with van der Waals surface area (Å²) >= 11 is 6.00. The van der Waals surface area contributed by atoms with Crippen molar-refractivity contribution in [2.75, 3.05) is 0 Å². The van der Waals surface area contributed by atoms with E-state index in [-0.39, 0.29) is 5.56 Å². The summed E-state index contributed by atoms with van der Waals surface area (Å²) in [6.07, 6.45) is 3.11. The lowest BCUT2D eigenvalue weighted by Crippen LogP contribution is -2.21.